The van der Waals surface area contributed by atoms with Gasteiger partial charge in [0.1, 0.15) is 5.82 Å². The van der Waals surface area contributed by atoms with E-state index < -0.39 is 11.8 Å². The summed E-state index contributed by atoms with van der Waals surface area (Å²) in [5, 5.41) is 15.9. The molecule has 0 bridgehead atoms. The first-order chi connectivity index (χ1) is 7.58. The monoisotopic (exact) mass is 241 g/mol. The Balaban J connectivity index is 2.45. The number of benzene rings is 1. The lowest BCUT2D eigenvalue weighted by atomic mass is 10.3. The molecule has 0 saturated heterocycles. The van der Waals surface area contributed by atoms with Crippen molar-refractivity contribution in [1.29, 1.82) is 0 Å². The zero-order valence-corrected chi connectivity index (χ0v) is 8.52. The van der Waals surface area contributed by atoms with Crippen LogP contribution in [0.15, 0.2) is 24.3 Å². The van der Waals surface area contributed by atoms with Crippen LogP contribution >= 0.6 is 11.6 Å². The number of rotatable bonds is 2. The van der Waals surface area contributed by atoms with Crippen molar-refractivity contribution >= 4 is 17.6 Å². The molecule has 1 aromatic carbocycles. The van der Waals surface area contributed by atoms with Gasteiger partial charge in [0.05, 0.1) is 5.69 Å². The van der Waals surface area contributed by atoms with Crippen LogP contribution in [0.3, 0.4) is 0 Å². The second-order valence-corrected chi connectivity index (χ2v) is 3.27. The van der Waals surface area contributed by atoms with E-state index in [0.29, 0.717) is 5.69 Å². The standard InChI is InChI=1S/C9H5ClFN3O2/c10-8-7(9(15)16)12-14(13-8)6-3-1-5(11)2-4-6/h1-4H,(H,15,16). The Morgan fingerprint density at radius 3 is 2.44 bits per heavy atom. The quantitative estimate of drug-likeness (QED) is 0.870. The van der Waals surface area contributed by atoms with Gasteiger partial charge in [-0.2, -0.15) is 0 Å². The van der Waals surface area contributed by atoms with E-state index in [2.05, 4.69) is 10.2 Å². The zero-order valence-electron chi connectivity index (χ0n) is 7.76. The smallest absolute Gasteiger partial charge is 0.359 e. The lowest BCUT2D eigenvalue weighted by Crippen LogP contribution is -2.02. The van der Waals surface area contributed by atoms with Crippen molar-refractivity contribution in [3.63, 3.8) is 0 Å². The number of halogens is 2. The van der Waals surface area contributed by atoms with Gasteiger partial charge in [-0.05, 0) is 24.3 Å². The van der Waals surface area contributed by atoms with E-state index in [9.17, 15) is 9.18 Å². The molecule has 1 heterocycles. The number of hydrogen-bond donors (Lipinski definition) is 1. The average Bonchev–Trinajstić information content (AvgIpc) is 2.61. The highest BCUT2D eigenvalue weighted by Crippen LogP contribution is 2.13. The van der Waals surface area contributed by atoms with Gasteiger partial charge in [0, 0.05) is 0 Å². The molecule has 82 valence electrons. The molecule has 5 nitrogen and oxygen atoms in total. The van der Waals surface area contributed by atoms with Crippen molar-refractivity contribution in [2.45, 2.75) is 0 Å². The van der Waals surface area contributed by atoms with Crippen LogP contribution in [-0.2, 0) is 0 Å². The number of carboxylic acid groups (broad SMARTS) is 1. The molecule has 16 heavy (non-hydrogen) atoms. The molecule has 0 aliphatic heterocycles. The number of carboxylic acids is 1. The van der Waals surface area contributed by atoms with Crippen molar-refractivity contribution < 1.29 is 14.3 Å². The third kappa shape index (κ3) is 1.87. The molecule has 1 N–H and O–H groups in total. The molecule has 7 heteroatoms. The normalized spacial score (nSPS) is 10.4. The first-order valence-electron chi connectivity index (χ1n) is 4.20. The Morgan fingerprint density at radius 1 is 1.31 bits per heavy atom. The molecule has 0 aliphatic carbocycles. The Labute approximate surface area is 94.1 Å². The van der Waals surface area contributed by atoms with Gasteiger partial charge in [-0.1, -0.05) is 11.6 Å². The Hall–Kier alpha value is -1.95. The van der Waals surface area contributed by atoms with Crippen LogP contribution in [-0.4, -0.2) is 26.1 Å². The van der Waals surface area contributed by atoms with E-state index in [1.54, 1.807) is 0 Å². The van der Waals surface area contributed by atoms with Gasteiger partial charge < -0.3 is 5.11 Å². The largest absolute Gasteiger partial charge is 0.476 e. The van der Waals surface area contributed by atoms with Gasteiger partial charge in [0.25, 0.3) is 0 Å². The summed E-state index contributed by atoms with van der Waals surface area (Å²) in [4.78, 5) is 11.7. The Bertz CT molecular complexity index is 538. The molecule has 0 radical (unpaired) electrons. The van der Waals surface area contributed by atoms with E-state index >= 15 is 0 Å². The van der Waals surface area contributed by atoms with E-state index in [4.69, 9.17) is 16.7 Å². The van der Waals surface area contributed by atoms with Crippen LogP contribution in [0.5, 0.6) is 0 Å². The Morgan fingerprint density at radius 2 is 1.94 bits per heavy atom. The van der Waals surface area contributed by atoms with Crippen LogP contribution in [0.25, 0.3) is 5.69 Å². The maximum Gasteiger partial charge on any atom is 0.359 e. The lowest BCUT2D eigenvalue weighted by Gasteiger charge is -1.97. The second-order valence-electron chi connectivity index (χ2n) is 2.91. The minimum absolute atomic E-state index is 0.211. The number of aromatic carboxylic acids is 1. The van der Waals surface area contributed by atoms with E-state index in [1.807, 2.05) is 0 Å². The number of aromatic nitrogens is 3. The fraction of sp³-hybridized carbons (Fsp3) is 0. The molecule has 2 aromatic rings. The number of carbonyl (C=O) groups is 1. The van der Waals surface area contributed by atoms with Crippen LogP contribution < -0.4 is 0 Å². The minimum atomic E-state index is -1.27. The summed E-state index contributed by atoms with van der Waals surface area (Å²) < 4.78 is 12.6. The molecule has 0 spiro atoms. The van der Waals surface area contributed by atoms with Crippen molar-refractivity contribution in [1.82, 2.24) is 15.0 Å². The van der Waals surface area contributed by atoms with E-state index in [1.165, 1.54) is 24.3 Å². The predicted octanol–water partition coefficient (Wildman–Crippen LogP) is 1.76. The first kappa shape index (κ1) is 10.6. The highest BCUT2D eigenvalue weighted by atomic mass is 35.5. The van der Waals surface area contributed by atoms with Crippen LogP contribution in [0.4, 0.5) is 4.39 Å². The summed E-state index contributed by atoms with van der Waals surface area (Å²) in [6, 6.07) is 5.26. The van der Waals surface area contributed by atoms with E-state index in [0.717, 1.165) is 4.80 Å². The molecular formula is C9H5ClFN3O2. The lowest BCUT2D eigenvalue weighted by molar-refractivity contribution is 0.0690. The van der Waals surface area contributed by atoms with E-state index in [-0.39, 0.29) is 10.8 Å². The molecule has 0 atom stereocenters. The molecule has 0 amide bonds. The van der Waals surface area contributed by atoms with Crippen LogP contribution in [0.1, 0.15) is 10.5 Å². The molecular weight excluding hydrogens is 237 g/mol. The fourth-order valence-electron chi connectivity index (χ4n) is 1.11. The van der Waals surface area contributed by atoms with Gasteiger partial charge in [-0.3, -0.25) is 0 Å². The highest BCUT2D eigenvalue weighted by molar-refractivity contribution is 6.31. The maximum atomic E-state index is 12.6. The first-order valence-corrected chi connectivity index (χ1v) is 4.58. The third-order valence-electron chi connectivity index (χ3n) is 1.83. The molecule has 2 rings (SSSR count). The summed E-state index contributed by atoms with van der Waals surface area (Å²) in [7, 11) is 0. The van der Waals surface area contributed by atoms with Crippen molar-refractivity contribution in [3.05, 3.63) is 40.9 Å². The van der Waals surface area contributed by atoms with Crippen LogP contribution in [0.2, 0.25) is 5.15 Å². The molecule has 0 fully saturated rings. The number of nitrogens with zero attached hydrogens (tertiary/aromatic N) is 3. The molecule has 1 aromatic heterocycles. The SMILES string of the molecule is O=C(O)c1nn(-c2ccc(F)cc2)nc1Cl. The molecule has 0 aliphatic rings. The molecule has 0 unspecified atom stereocenters. The van der Waals surface area contributed by atoms with Crippen LogP contribution in [0, 0.1) is 5.82 Å². The summed E-state index contributed by atoms with van der Waals surface area (Å²) in [5.74, 6) is -1.67. The number of hydrogen-bond acceptors (Lipinski definition) is 3. The van der Waals surface area contributed by atoms with Gasteiger partial charge in [0.2, 0.25) is 5.69 Å². The molecule has 0 saturated carbocycles. The van der Waals surface area contributed by atoms with Gasteiger partial charge in [0.15, 0.2) is 5.15 Å². The maximum absolute atomic E-state index is 12.6. The highest BCUT2D eigenvalue weighted by Gasteiger charge is 2.16. The summed E-state index contributed by atoms with van der Waals surface area (Å²) in [6.07, 6.45) is 0. The summed E-state index contributed by atoms with van der Waals surface area (Å²) in [6.45, 7) is 0. The zero-order chi connectivity index (χ0) is 11.7. The van der Waals surface area contributed by atoms with Gasteiger partial charge >= 0.3 is 5.97 Å². The van der Waals surface area contributed by atoms with Crippen molar-refractivity contribution in [3.8, 4) is 5.69 Å². The topological polar surface area (TPSA) is 68.0 Å². The summed E-state index contributed by atoms with van der Waals surface area (Å²) >= 11 is 5.57. The predicted molar refractivity (Wildman–Crippen MR) is 53.3 cm³/mol. The third-order valence-corrected chi connectivity index (χ3v) is 2.09. The Kier molecular flexibility index (Phi) is 2.57. The summed E-state index contributed by atoms with van der Waals surface area (Å²) in [5.41, 5.74) is 0.0850. The van der Waals surface area contributed by atoms with Crippen molar-refractivity contribution in [2.75, 3.05) is 0 Å². The van der Waals surface area contributed by atoms with Crippen molar-refractivity contribution in [2.24, 2.45) is 0 Å². The minimum Gasteiger partial charge on any atom is -0.476 e. The second kappa shape index (κ2) is 3.90. The van der Waals surface area contributed by atoms with Gasteiger partial charge in [-0.25, -0.2) is 9.18 Å². The fourth-order valence-corrected chi connectivity index (χ4v) is 1.30. The average molecular weight is 242 g/mol. The van der Waals surface area contributed by atoms with Gasteiger partial charge in [-0.15, -0.1) is 15.0 Å².